The van der Waals surface area contributed by atoms with Gasteiger partial charge >= 0.3 is 0 Å². The minimum atomic E-state index is 0.178. The van der Waals surface area contributed by atoms with E-state index in [1.165, 1.54) is 0 Å². The van der Waals surface area contributed by atoms with Crippen LogP contribution in [-0.2, 0) is 0 Å². The van der Waals surface area contributed by atoms with Crippen LogP contribution in [0, 0.1) is 0 Å². The number of carbonyl (C=O) groups is 1. The van der Waals surface area contributed by atoms with E-state index in [1.807, 2.05) is 36.2 Å². The lowest BCUT2D eigenvalue weighted by atomic mass is 10.1. The highest BCUT2D eigenvalue weighted by Crippen LogP contribution is 2.22. The Morgan fingerprint density at radius 1 is 1.41 bits per heavy atom. The fourth-order valence-electron chi connectivity index (χ4n) is 2.47. The van der Waals surface area contributed by atoms with Crippen molar-refractivity contribution in [3.8, 4) is 0 Å². The normalized spacial score (nSPS) is 19.4. The van der Waals surface area contributed by atoms with Crippen LogP contribution in [0.2, 0.25) is 0 Å². The zero-order valence-electron chi connectivity index (χ0n) is 10.6. The molecule has 1 unspecified atom stereocenters. The minimum Gasteiger partial charge on any atom is -0.388 e. The Kier molecular flexibility index (Phi) is 3.67. The lowest BCUT2D eigenvalue weighted by Crippen LogP contribution is -2.35. The van der Waals surface area contributed by atoms with Crippen LogP contribution < -0.4 is 5.32 Å². The van der Waals surface area contributed by atoms with E-state index in [1.54, 1.807) is 0 Å². The van der Waals surface area contributed by atoms with Crippen molar-refractivity contribution in [1.29, 1.82) is 0 Å². The number of carbonyl (C=O) groups excluding carboxylic acids is 1. The van der Waals surface area contributed by atoms with Gasteiger partial charge in [-0.15, -0.1) is 0 Å². The molecule has 1 atom stereocenters. The van der Waals surface area contributed by atoms with Gasteiger partial charge in [-0.25, -0.2) is 0 Å². The van der Waals surface area contributed by atoms with Gasteiger partial charge in [0.2, 0.25) is 0 Å². The van der Waals surface area contributed by atoms with Gasteiger partial charge in [0.25, 0.3) is 5.91 Å². The first-order valence-electron chi connectivity index (χ1n) is 6.35. The summed E-state index contributed by atoms with van der Waals surface area (Å²) in [6.07, 6.45) is 3.34. The van der Waals surface area contributed by atoms with Crippen molar-refractivity contribution in [1.82, 2.24) is 4.90 Å². The van der Waals surface area contributed by atoms with Crippen molar-refractivity contribution in [2.75, 3.05) is 18.9 Å². The molecule has 3 heteroatoms. The Balaban J connectivity index is 2.13. The van der Waals surface area contributed by atoms with Crippen molar-refractivity contribution < 1.29 is 4.79 Å². The van der Waals surface area contributed by atoms with E-state index in [2.05, 4.69) is 12.2 Å². The van der Waals surface area contributed by atoms with Gasteiger partial charge in [0.1, 0.15) is 0 Å². The quantitative estimate of drug-likeness (QED) is 0.869. The number of nitrogens with zero attached hydrogens (tertiary/aromatic N) is 1. The number of anilines is 1. The second-order valence-corrected chi connectivity index (χ2v) is 4.53. The zero-order valence-corrected chi connectivity index (χ0v) is 10.6. The molecule has 92 valence electrons. The molecule has 17 heavy (non-hydrogen) atoms. The molecule has 0 saturated carbocycles. The first-order chi connectivity index (χ1) is 8.26. The van der Waals surface area contributed by atoms with Crippen molar-refractivity contribution in [3.05, 3.63) is 29.8 Å². The zero-order chi connectivity index (χ0) is 12.3. The smallest absolute Gasteiger partial charge is 0.254 e. The third-order valence-corrected chi connectivity index (χ3v) is 3.53. The number of amides is 1. The molecule has 1 aromatic rings. The molecule has 2 rings (SSSR count). The summed E-state index contributed by atoms with van der Waals surface area (Å²) in [5, 5.41) is 3.06. The summed E-state index contributed by atoms with van der Waals surface area (Å²) in [5.41, 5.74) is 1.83. The van der Waals surface area contributed by atoms with Gasteiger partial charge in [-0.3, -0.25) is 4.79 Å². The van der Waals surface area contributed by atoms with E-state index in [-0.39, 0.29) is 5.91 Å². The molecule has 1 aliphatic heterocycles. The Hall–Kier alpha value is -1.51. The maximum Gasteiger partial charge on any atom is 0.254 e. The fourth-order valence-corrected chi connectivity index (χ4v) is 2.47. The SMILES string of the molecule is CCC1CCCN1C(=O)c1ccc(NC)cc1. The van der Waals surface area contributed by atoms with Crippen LogP contribution in [0.15, 0.2) is 24.3 Å². The van der Waals surface area contributed by atoms with E-state index in [0.29, 0.717) is 6.04 Å². The minimum absolute atomic E-state index is 0.178. The molecular weight excluding hydrogens is 212 g/mol. The Morgan fingerprint density at radius 3 is 2.71 bits per heavy atom. The summed E-state index contributed by atoms with van der Waals surface area (Å²) >= 11 is 0. The molecule has 1 aliphatic rings. The van der Waals surface area contributed by atoms with Gasteiger partial charge < -0.3 is 10.2 Å². The van der Waals surface area contributed by atoms with E-state index in [4.69, 9.17) is 0 Å². The van der Waals surface area contributed by atoms with Crippen molar-refractivity contribution in [2.45, 2.75) is 32.2 Å². The van der Waals surface area contributed by atoms with E-state index < -0.39 is 0 Å². The fraction of sp³-hybridized carbons (Fsp3) is 0.500. The molecule has 3 nitrogen and oxygen atoms in total. The maximum absolute atomic E-state index is 12.3. The third-order valence-electron chi connectivity index (χ3n) is 3.53. The average molecular weight is 232 g/mol. The molecule has 0 aliphatic carbocycles. The van der Waals surface area contributed by atoms with E-state index in [0.717, 1.165) is 37.1 Å². The van der Waals surface area contributed by atoms with Crippen LogP contribution in [-0.4, -0.2) is 30.4 Å². The van der Waals surface area contributed by atoms with Gasteiger partial charge in [-0.05, 0) is 43.5 Å². The van der Waals surface area contributed by atoms with Crippen LogP contribution in [0.1, 0.15) is 36.5 Å². The van der Waals surface area contributed by atoms with Crippen LogP contribution in [0.3, 0.4) is 0 Å². The van der Waals surface area contributed by atoms with Crippen molar-refractivity contribution in [2.24, 2.45) is 0 Å². The number of likely N-dealkylation sites (tertiary alicyclic amines) is 1. The number of hydrogen-bond donors (Lipinski definition) is 1. The van der Waals surface area contributed by atoms with Crippen molar-refractivity contribution in [3.63, 3.8) is 0 Å². The highest BCUT2D eigenvalue weighted by atomic mass is 16.2. The summed E-state index contributed by atoms with van der Waals surface area (Å²) < 4.78 is 0. The Bertz CT molecular complexity index is 386. The van der Waals surface area contributed by atoms with Gasteiger partial charge in [0.15, 0.2) is 0 Å². The highest BCUT2D eigenvalue weighted by molar-refractivity contribution is 5.94. The standard InChI is InChI=1S/C14H20N2O/c1-3-13-5-4-10-16(13)14(17)11-6-8-12(15-2)9-7-11/h6-9,13,15H,3-5,10H2,1-2H3. The Morgan fingerprint density at radius 2 is 2.12 bits per heavy atom. The van der Waals surface area contributed by atoms with E-state index >= 15 is 0 Å². The number of benzene rings is 1. The predicted octanol–water partition coefficient (Wildman–Crippen LogP) is 2.74. The summed E-state index contributed by atoms with van der Waals surface area (Å²) in [4.78, 5) is 14.3. The topological polar surface area (TPSA) is 32.3 Å². The average Bonchev–Trinajstić information content (AvgIpc) is 2.86. The second-order valence-electron chi connectivity index (χ2n) is 4.53. The molecule has 0 bridgehead atoms. The first kappa shape index (κ1) is 12.0. The number of hydrogen-bond acceptors (Lipinski definition) is 2. The molecule has 0 spiro atoms. The van der Waals surface area contributed by atoms with Crippen LogP contribution >= 0.6 is 0 Å². The first-order valence-corrected chi connectivity index (χ1v) is 6.35. The van der Waals surface area contributed by atoms with Crippen LogP contribution in [0.25, 0.3) is 0 Å². The highest BCUT2D eigenvalue weighted by Gasteiger charge is 2.27. The Labute approximate surface area is 103 Å². The monoisotopic (exact) mass is 232 g/mol. The molecule has 0 radical (unpaired) electrons. The molecule has 1 heterocycles. The summed E-state index contributed by atoms with van der Waals surface area (Å²) in [7, 11) is 1.88. The molecular formula is C14H20N2O. The van der Waals surface area contributed by atoms with Crippen molar-refractivity contribution >= 4 is 11.6 Å². The summed E-state index contributed by atoms with van der Waals surface area (Å²) in [6, 6.07) is 8.14. The molecule has 0 aromatic heterocycles. The van der Waals surface area contributed by atoms with Gasteiger partial charge in [-0.2, -0.15) is 0 Å². The van der Waals surface area contributed by atoms with Gasteiger partial charge in [0, 0.05) is 30.9 Å². The molecule has 1 amide bonds. The molecule has 1 aromatic carbocycles. The lowest BCUT2D eigenvalue weighted by molar-refractivity contribution is 0.0733. The van der Waals surface area contributed by atoms with E-state index in [9.17, 15) is 4.79 Å². The maximum atomic E-state index is 12.3. The lowest BCUT2D eigenvalue weighted by Gasteiger charge is -2.23. The number of rotatable bonds is 3. The van der Waals surface area contributed by atoms with Crippen LogP contribution in [0.4, 0.5) is 5.69 Å². The predicted molar refractivity (Wildman–Crippen MR) is 70.3 cm³/mol. The summed E-state index contributed by atoms with van der Waals surface area (Å²) in [5.74, 6) is 0.178. The number of nitrogens with one attached hydrogen (secondary N) is 1. The van der Waals surface area contributed by atoms with Gasteiger partial charge in [0.05, 0.1) is 0 Å². The molecule has 1 N–H and O–H groups in total. The molecule has 1 saturated heterocycles. The molecule has 1 fully saturated rings. The summed E-state index contributed by atoms with van der Waals surface area (Å²) in [6.45, 7) is 3.06. The second kappa shape index (κ2) is 5.21. The van der Waals surface area contributed by atoms with Crippen LogP contribution in [0.5, 0.6) is 0 Å². The largest absolute Gasteiger partial charge is 0.388 e. The third kappa shape index (κ3) is 2.43. The van der Waals surface area contributed by atoms with Gasteiger partial charge in [-0.1, -0.05) is 6.92 Å².